The van der Waals surface area contributed by atoms with Crippen molar-refractivity contribution < 1.29 is 19.1 Å². The molecule has 6 heteroatoms. The van der Waals surface area contributed by atoms with Gasteiger partial charge in [0.15, 0.2) is 0 Å². The van der Waals surface area contributed by atoms with E-state index in [9.17, 15) is 9.59 Å². The Bertz CT molecular complexity index is 709. The van der Waals surface area contributed by atoms with Crippen LogP contribution in [0.25, 0.3) is 0 Å². The van der Waals surface area contributed by atoms with E-state index >= 15 is 0 Å². The molecule has 0 aromatic carbocycles. The maximum atomic E-state index is 13.5. The molecule has 2 saturated heterocycles. The van der Waals surface area contributed by atoms with Gasteiger partial charge < -0.3 is 19.3 Å². The summed E-state index contributed by atoms with van der Waals surface area (Å²) in [5, 5.41) is 0. The molecule has 0 aromatic rings. The first-order valence-electron chi connectivity index (χ1n) is 14.4. The molecule has 2 amide bonds. The molecule has 4 unspecified atom stereocenters. The molecule has 3 aliphatic carbocycles. The predicted octanol–water partition coefficient (Wildman–Crippen LogP) is 4.69. The van der Waals surface area contributed by atoms with Crippen molar-refractivity contribution in [3.05, 3.63) is 0 Å². The Kier molecular flexibility index (Phi) is 7.84. The number of piperazine rings is 1. The molecule has 3 saturated carbocycles. The molecular weight excluding hydrogens is 428 g/mol. The summed E-state index contributed by atoms with van der Waals surface area (Å²) in [4.78, 5) is 30.3. The molecule has 5 aliphatic rings. The number of hydrogen-bond donors (Lipinski definition) is 0. The van der Waals surface area contributed by atoms with E-state index in [4.69, 9.17) is 9.47 Å². The van der Waals surface area contributed by atoms with Crippen LogP contribution in [0.2, 0.25) is 0 Å². The Morgan fingerprint density at radius 2 is 1.50 bits per heavy atom. The van der Waals surface area contributed by atoms with Gasteiger partial charge in [-0.2, -0.15) is 0 Å². The predicted molar refractivity (Wildman–Crippen MR) is 131 cm³/mol. The van der Waals surface area contributed by atoms with Crippen LogP contribution in [0.1, 0.15) is 104 Å². The van der Waals surface area contributed by atoms with Crippen LogP contribution in [-0.4, -0.2) is 71.2 Å². The molecule has 0 N–H and O–H groups in total. The zero-order chi connectivity index (χ0) is 23.7. The normalized spacial score (nSPS) is 39.6. The van der Waals surface area contributed by atoms with E-state index in [0.717, 1.165) is 31.6 Å². The average molecular weight is 475 g/mol. The minimum atomic E-state index is -0.274. The lowest BCUT2D eigenvalue weighted by atomic mass is 9.69. The molecule has 2 heterocycles. The lowest BCUT2D eigenvalue weighted by molar-refractivity contribution is -0.160. The number of ether oxygens (including phenoxy) is 2. The molecule has 6 nitrogen and oxygen atoms in total. The van der Waals surface area contributed by atoms with Crippen molar-refractivity contribution >= 4 is 11.8 Å². The van der Waals surface area contributed by atoms with E-state index < -0.39 is 0 Å². The zero-order valence-electron chi connectivity index (χ0n) is 21.5. The van der Waals surface area contributed by atoms with Gasteiger partial charge in [-0.15, -0.1) is 0 Å². The second kappa shape index (κ2) is 10.9. The summed E-state index contributed by atoms with van der Waals surface area (Å²) >= 11 is 0. The third-order valence-electron chi connectivity index (χ3n) is 9.69. The first-order valence-corrected chi connectivity index (χ1v) is 14.4. The average Bonchev–Trinajstić information content (AvgIpc) is 3.39. The number of nitrogens with zero attached hydrogens (tertiary/aromatic N) is 2. The Labute approximate surface area is 206 Å². The van der Waals surface area contributed by atoms with Crippen LogP contribution in [0.3, 0.4) is 0 Å². The second-order valence-corrected chi connectivity index (χ2v) is 11.9. The summed E-state index contributed by atoms with van der Waals surface area (Å²) in [6, 6.07) is 0.383. The van der Waals surface area contributed by atoms with E-state index in [2.05, 4.69) is 16.7 Å². The highest BCUT2D eigenvalue weighted by Gasteiger charge is 2.48. The summed E-state index contributed by atoms with van der Waals surface area (Å²) in [7, 11) is 0. The fourth-order valence-corrected chi connectivity index (χ4v) is 8.01. The van der Waals surface area contributed by atoms with Gasteiger partial charge in [-0.3, -0.25) is 9.59 Å². The van der Waals surface area contributed by atoms with Gasteiger partial charge in [0.25, 0.3) is 5.91 Å². The molecule has 34 heavy (non-hydrogen) atoms. The standard InChI is InChI=1S/C28H46N2O4/c1-19-18-29(28(32)27-9-6-16-33-27)26-17-22(12-15-25(26)30(19)20(2)31)21-10-13-24(14-11-21)34-23-7-4-3-5-8-23/h19,21-27H,3-18H2,1-2H3/t19-,21?,22?,24?,25?,26?,27?/m0/s1. The van der Waals surface area contributed by atoms with Crippen molar-refractivity contribution in [3.8, 4) is 0 Å². The quantitative estimate of drug-likeness (QED) is 0.593. The molecule has 0 spiro atoms. The Balaban J connectivity index is 1.22. The lowest BCUT2D eigenvalue weighted by Crippen LogP contribution is -2.68. The lowest BCUT2D eigenvalue weighted by Gasteiger charge is -2.55. The number of rotatable bonds is 4. The van der Waals surface area contributed by atoms with Crippen LogP contribution >= 0.6 is 0 Å². The number of carbonyl (C=O) groups excluding carboxylic acids is 2. The molecule has 2 aliphatic heterocycles. The zero-order valence-corrected chi connectivity index (χ0v) is 21.5. The van der Waals surface area contributed by atoms with E-state index in [1.54, 1.807) is 6.92 Å². The second-order valence-electron chi connectivity index (χ2n) is 11.9. The van der Waals surface area contributed by atoms with Gasteiger partial charge in [0, 0.05) is 26.1 Å². The van der Waals surface area contributed by atoms with E-state index in [1.165, 1.54) is 64.2 Å². The van der Waals surface area contributed by atoms with Crippen molar-refractivity contribution in [1.82, 2.24) is 9.80 Å². The fraction of sp³-hybridized carbons (Fsp3) is 0.929. The van der Waals surface area contributed by atoms with Gasteiger partial charge in [-0.25, -0.2) is 0 Å². The van der Waals surface area contributed by atoms with E-state index in [1.807, 2.05) is 0 Å². The van der Waals surface area contributed by atoms with Gasteiger partial charge in [-0.1, -0.05) is 19.3 Å². The van der Waals surface area contributed by atoms with Crippen molar-refractivity contribution in [2.75, 3.05) is 13.2 Å². The van der Waals surface area contributed by atoms with Gasteiger partial charge in [0.05, 0.1) is 24.3 Å². The topological polar surface area (TPSA) is 59.1 Å². The Morgan fingerprint density at radius 1 is 0.794 bits per heavy atom. The van der Waals surface area contributed by atoms with Crippen LogP contribution < -0.4 is 0 Å². The van der Waals surface area contributed by atoms with Gasteiger partial charge in [0.1, 0.15) is 6.10 Å². The van der Waals surface area contributed by atoms with Gasteiger partial charge in [0.2, 0.25) is 5.91 Å². The molecule has 5 atom stereocenters. The highest BCUT2D eigenvalue weighted by molar-refractivity contribution is 5.82. The largest absolute Gasteiger partial charge is 0.375 e. The van der Waals surface area contributed by atoms with Crippen LogP contribution in [-0.2, 0) is 19.1 Å². The van der Waals surface area contributed by atoms with Crippen LogP contribution in [0, 0.1) is 11.8 Å². The van der Waals surface area contributed by atoms with E-state index in [-0.39, 0.29) is 36.0 Å². The Hall–Kier alpha value is -1.14. The van der Waals surface area contributed by atoms with Crippen molar-refractivity contribution in [2.45, 2.75) is 140 Å². The monoisotopic (exact) mass is 474 g/mol. The van der Waals surface area contributed by atoms with Crippen molar-refractivity contribution in [3.63, 3.8) is 0 Å². The first-order chi connectivity index (χ1) is 16.5. The highest BCUT2D eigenvalue weighted by atomic mass is 16.5. The van der Waals surface area contributed by atoms with Gasteiger partial charge in [-0.05, 0) is 89.4 Å². The molecule has 0 bridgehead atoms. The molecule has 0 radical (unpaired) electrons. The summed E-state index contributed by atoms with van der Waals surface area (Å²) in [5.41, 5.74) is 0. The smallest absolute Gasteiger partial charge is 0.252 e. The van der Waals surface area contributed by atoms with Crippen molar-refractivity contribution in [2.24, 2.45) is 11.8 Å². The number of hydrogen-bond acceptors (Lipinski definition) is 4. The van der Waals surface area contributed by atoms with Crippen molar-refractivity contribution in [1.29, 1.82) is 0 Å². The van der Waals surface area contributed by atoms with Crippen LogP contribution in [0.15, 0.2) is 0 Å². The molecule has 5 fully saturated rings. The molecular formula is C28H46N2O4. The number of amides is 2. The first kappa shape index (κ1) is 24.5. The number of fused-ring (bicyclic) bond motifs is 1. The van der Waals surface area contributed by atoms with E-state index in [0.29, 0.717) is 31.3 Å². The summed E-state index contributed by atoms with van der Waals surface area (Å²) in [6.45, 7) is 5.15. The third kappa shape index (κ3) is 5.18. The highest BCUT2D eigenvalue weighted by Crippen LogP contribution is 2.44. The number of carbonyl (C=O) groups is 2. The molecule has 5 rings (SSSR count). The Morgan fingerprint density at radius 3 is 2.18 bits per heavy atom. The third-order valence-corrected chi connectivity index (χ3v) is 9.69. The maximum absolute atomic E-state index is 13.5. The maximum Gasteiger partial charge on any atom is 0.252 e. The van der Waals surface area contributed by atoms with Crippen LogP contribution in [0.5, 0.6) is 0 Å². The van der Waals surface area contributed by atoms with Crippen LogP contribution in [0.4, 0.5) is 0 Å². The SMILES string of the molecule is CC(=O)N1C2CCC(C3CCC(OC4CCCCC4)CC3)CC2N(C(=O)C2CCCO2)C[C@@H]1C. The molecule has 192 valence electrons. The summed E-state index contributed by atoms with van der Waals surface area (Å²) in [6.07, 6.45) is 17.2. The summed E-state index contributed by atoms with van der Waals surface area (Å²) < 4.78 is 12.3. The van der Waals surface area contributed by atoms with Gasteiger partial charge >= 0.3 is 0 Å². The fourth-order valence-electron chi connectivity index (χ4n) is 8.01. The molecule has 0 aromatic heterocycles. The summed E-state index contributed by atoms with van der Waals surface area (Å²) in [5.74, 6) is 1.72. The minimum absolute atomic E-state index is 0.0769. The minimum Gasteiger partial charge on any atom is -0.375 e.